The highest BCUT2D eigenvalue weighted by atomic mass is 19.1. The van der Waals surface area contributed by atoms with Gasteiger partial charge in [-0.05, 0) is 43.5 Å². The first-order valence-electron chi connectivity index (χ1n) is 10.2. The van der Waals surface area contributed by atoms with Gasteiger partial charge >= 0.3 is 0 Å². The molecule has 0 radical (unpaired) electrons. The zero-order valence-electron chi connectivity index (χ0n) is 17.2. The van der Waals surface area contributed by atoms with E-state index in [0.29, 0.717) is 42.9 Å². The highest BCUT2D eigenvalue weighted by Gasteiger charge is 2.42. The highest BCUT2D eigenvalue weighted by molar-refractivity contribution is 6.35. The molecular formula is C24H25FN2O3. The van der Waals surface area contributed by atoms with E-state index in [1.54, 1.807) is 12.1 Å². The Balaban J connectivity index is 1.68. The summed E-state index contributed by atoms with van der Waals surface area (Å²) in [6, 6.07) is 15.5. The van der Waals surface area contributed by atoms with Crippen molar-refractivity contribution in [2.24, 2.45) is 0 Å². The fourth-order valence-corrected chi connectivity index (χ4v) is 4.18. The number of imide groups is 1. The minimum absolute atomic E-state index is 0.0583. The molecule has 1 saturated heterocycles. The standard InChI is InChI=1S/C24H25FN2O3/c1-16-14-26(15-17(2)30-16)22-21(19-8-10-20(25)11-9-19)23(28)27(24(22)29)13-12-18-6-4-3-5-7-18/h3-11,16-17H,12-15H2,1-2H3. The van der Waals surface area contributed by atoms with Gasteiger partial charge in [0.2, 0.25) is 0 Å². The van der Waals surface area contributed by atoms with Crippen molar-refractivity contribution >= 4 is 17.4 Å². The number of amides is 2. The van der Waals surface area contributed by atoms with Crippen molar-refractivity contribution in [1.29, 1.82) is 0 Å². The topological polar surface area (TPSA) is 49.9 Å². The number of nitrogens with zero attached hydrogens (tertiary/aromatic N) is 2. The maximum atomic E-state index is 13.5. The zero-order valence-corrected chi connectivity index (χ0v) is 17.2. The number of rotatable bonds is 5. The molecule has 2 amide bonds. The molecule has 0 saturated carbocycles. The molecule has 2 heterocycles. The van der Waals surface area contributed by atoms with Crippen LogP contribution in [-0.4, -0.2) is 53.5 Å². The Labute approximate surface area is 175 Å². The second-order valence-corrected chi connectivity index (χ2v) is 7.89. The van der Waals surface area contributed by atoms with E-state index in [1.165, 1.54) is 17.0 Å². The summed E-state index contributed by atoms with van der Waals surface area (Å²) in [6.45, 7) is 5.25. The number of carbonyl (C=O) groups excluding carboxylic acids is 2. The number of benzene rings is 2. The van der Waals surface area contributed by atoms with Crippen LogP contribution < -0.4 is 0 Å². The lowest BCUT2D eigenvalue weighted by Gasteiger charge is -2.37. The third kappa shape index (κ3) is 4.00. The monoisotopic (exact) mass is 408 g/mol. The number of halogens is 1. The molecule has 0 bridgehead atoms. The predicted octanol–water partition coefficient (Wildman–Crippen LogP) is 3.26. The molecule has 2 atom stereocenters. The van der Waals surface area contributed by atoms with Gasteiger partial charge < -0.3 is 9.64 Å². The summed E-state index contributed by atoms with van der Waals surface area (Å²) in [5.74, 6) is -1.01. The first-order chi connectivity index (χ1) is 14.4. The maximum absolute atomic E-state index is 13.5. The smallest absolute Gasteiger partial charge is 0.277 e. The van der Waals surface area contributed by atoms with Crippen LogP contribution in [0.2, 0.25) is 0 Å². The molecular weight excluding hydrogens is 383 g/mol. The average molecular weight is 408 g/mol. The molecule has 30 heavy (non-hydrogen) atoms. The van der Waals surface area contributed by atoms with Crippen molar-refractivity contribution in [3.05, 3.63) is 77.2 Å². The summed E-state index contributed by atoms with van der Waals surface area (Å²) in [4.78, 5) is 30.0. The molecule has 4 rings (SSSR count). The predicted molar refractivity (Wildman–Crippen MR) is 112 cm³/mol. The van der Waals surface area contributed by atoms with E-state index in [2.05, 4.69) is 0 Å². The first kappa shape index (κ1) is 20.3. The van der Waals surface area contributed by atoms with Gasteiger partial charge in [-0.1, -0.05) is 42.5 Å². The van der Waals surface area contributed by atoms with Gasteiger partial charge in [-0.25, -0.2) is 4.39 Å². The van der Waals surface area contributed by atoms with Crippen molar-refractivity contribution in [1.82, 2.24) is 9.80 Å². The average Bonchev–Trinajstić information content (AvgIpc) is 2.97. The lowest BCUT2D eigenvalue weighted by Crippen LogP contribution is -2.47. The maximum Gasteiger partial charge on any atom is 0.277 e. The summed E-state index contributed by atoms with van der Waals surface area (Å²) in [5, 5.41) is 0. The number of hydrogen-bond acceptors (Lipinski definition) is 4. The van der Waals surface area contributed by atoms with E-state index in [-0.39, 0.29) is 29.8 Å². The molecule has 0 aromatic heterocycles. The lowest BCUT2D eigenvalue weighted by atomic mass is 10.0. The minimum Gasteiger partial charge on any atom is -0.372 e. The van der Waals surface area contributed by atoms with Crippen LogP contribution in [0.25, 0.3) is 5.57 Å². The van der Waals surface area contributed by atoms with Gasteiger partial charge in [0.05, 0.1) is 17.8 Å². The zero-order chi connectivity index (χ0) is 21.3. The van der Waals surface area contributed by atoms with Crippen LogP contribution in [0.5, 0.6) is 0 Å². The second kappa shape index (κ2) is 8.40. The van der Waals surface area contributed by atoms with Gasteiger partial charge in [0, 0.05) is 19.6 Å². The van der Waals surface area contributed by atoms with Gasteiger partial charge in [0.25, 0.3) is 11.8 Å². The van der Waals surface area contributed by atoms with E-state index < -0.39 is 0 Å². The second-order valence-electron chi connectivity index (χ2n) is 7.89. The van der Waals surface area contributed by atoms with Crippen LogP contribution >= 0.6 is 0 Å². The Morgan fingerprint density at radius 2 is 1.57 bits per heavy atom. The normalized spacial score (nSPS) is 22.2. The van der Waals surface area contributed by atoms with Gasteiger partial charge in [0.15, 0.2) is 0 Å². The summed E-state index contributed by atoms with van der Waals surface area (Å²) >= 11 is 0. The third-order valence-electron chi connectivity index (χ3n) is 5.48. The molecule has 2 unspecified atom stereocenters. The molecule has 1 fully saturated rings. The molecule has 2 aromatic rings. The van der Waals surface area contributed by atoms with Crippen molar-refractivity contribution < 1.29 is 18.7 Å². The molecule has 2 aliphatic heterocycles. The van der Waals surface area contributed by atoms with Crippen molar-refractivity contribution in [3.63, 3.8) is 0 Å². The first-order valence-corrected chi connectivity index (χ1v) is 10.2. The minimum atomic E-state index is -0.382. The number of morpholine rings is 1. The van der Waals surface area contributed by atoms with Gasteiger partial charge in [0.1, 0.15) is 11.5 Å². The van der Waals surface area contributed by atoms with E-state index in [9.17, 15) is 14.0 Å². The number of carbonyl (C=O) groups is 2. The van der Waals surface area contributed by atoms with Crippen LogP contribution in [0.1, 0.15) is 25.0 Å². The van der Waals surface area contributed by atoms with Crippen LogP contribution in [0.15, 0.2) is 60.3 Å². The van der Waals surface area contributed by atoms with Crippen molar-refractivity contribution in [3.8, 4) is 0 Å². The van der Waals surface area contributed by atoms with Crippen LogP contribution in [0, 0.1) is 5.82 Å². The molecule has 2 aliphatic rings. The molecule has 2 aromatic carbocycles. The van der Waals surface area contributed by atoms with Gasteiger partial charge in [-0.3, -0.25) is 14.5 Å². The van der Waals surface area contributed by atoms with Crippen LogP contribution in [0.3, 0.4) is 0 Å². The van der Waals surface area contributed by atoms with Crippen LogP contribution in [-0.2, 0) is 20.7 Å². The van der Waals surface area contributed by atoms with E-state index in [1.807, 2.05) is 49.1 Å². The van der Waals surface area contributed by atoms with Gasteiger partial charge in [-0.15, -0.1) is 0 Å². The Bertz CT molecular complexity index is 962. The number of ether oxygens (including phenoxy) is 1. The largest absolute Gasteiger partial charge is 0.372 e. The summed E-state index contributed by atoms with van der Waals surface area (Å²) in [7, 11) is 0. The van der Waals surface area contributed by atoms with Crippen molar-refractivity contribution in [2.45, 2.75) is 32.5 Å². The lowest BCUT2D eigenvalue weighted by molar-refractivity contribution is -0.138. The van der Waals surface area contributed by atoms with Gasteiger partial charge in [-0.2, -0.15) is 0 Å². The SMILES string of the molecule is CC1CN(C2=C(c3ccc(F)cc3)C(=O)N(CCc3ccccc3)C2=O)CC(C)O1. The number of hydrogen-bond donors (Lipinski definition) is 0. The van der Waals surface area contributed by atoms with E-state index in [0.717, 1.165) is 5.56 Å². The Morgan fingerprint density at radius 3 is 2.20 bits per heavy atom. The fraction of sp³-hybridized carbons (Fsp3) is 0.333. The Kier molecular flexibility index (Phi) is 5.68. The van der Waals surface area contributed by atoms with Crippen molar-refractivity contribution in [2.75, 3.05) is 19.6 Å². The van der Waals surface area contributed by atoms with E-state index >= 15 is 0 Å². The summed E-state index contributed by atoms with van der Waals surface area (Å²) in [6.07, 6.45) is 0.465. The molecule has 5 nitrogen and oxygen atoms in total. The Morgan fingerprint density at radius 1 is 0.933 bits per heavy atom. The fourth-order valence-electron chi connectivity index (χ4n) is 4.18. The summed E-state index contributed by atoms with van der Waals surface area (Å²) < 4.78 is 19.3. The third-order valence-corrected chi connectivity index (χ3v) is 5.48. The molecule has 0 aliphatic carbocycles. The highest BCUT2D eigenvalue weighted by Crippen LogP contribution is 2.33. The molecule has 0 spiro atoms. The molecule has 6 heteroatoms. The molecule has 0 N–H and O–H groups in total. The Hall–Kier alpha value is -2.99. The quantitative estimate of drug-likeness (QED) is 0.713. The summed E-state index contributed by atoms with van der Waals surface area (Å²) in [5.41, 5.74) is 2.35. The van der Waals surface area contributed by atoms with E-state index in [4.69, 9.17) is 4.74 Å². The van der Waals surface area contributed by atoms with Crippen LogP contribution in [0.4, 0.5) is 4.39 Å². The molecule has 156 valence electrons.